The smallest absolute Gasteiger partial charge is 0.225 e. The third-order valence-electron chi connectivity index (χ3n) is 2.21. The zero-order valence-electron chi connectivity index (χ0n) is 7.94. The minimum atomic E-state index is -3.69. The SMILES string of the molecule is NS(=O)(=O)c1ccc2c(Cl)ccc(Br)c2c1. The monoisotopic (exact) mass is 319 g/mol. The Morgan fingerprint density at radius 1 is 1.12 bits per heavy atom. The first-order chi connectivity index (χ1) is 7.39. The molecule has 0 aliphatic rings. The highest BCUT2D eigenvalue weighted by Crippen LogP contribution is 2.31. The van der Waals surface area contributed by atoms with Crippen molar-refractivity contribution in [2.75, 3.05) is 0 Å². The highest BCUT2D eigenvalue weighted by atomic mass is 79.9. The normalized spacial score (nSPS) is 11.9. The molecule has 3 nitrogen and oxygen atoms in total. The van der Waals surface area contributed by atoms with Gasteiger partial charge in [0, 0.05) is 14.9 Å². The molecule has 2 N–H and O–H groups in total. The maximum Gasteiger partial charge on any atom is 0.238 e. The minimum Gasteiger partial charge on any atom is -0.225 e. The summed E-state index contributed by atoms with van der Waals surface area (Å²) in [6, 6.07) is 8.08. The summed E-state index contributed by atoms with van der Waals surface area (Å²) in [7, 11) is -3.69. The van der Waals surface area contributed by atoms with Crippen molar-refractivity contribution in [3.63, 3.8) is 0 Å². The number of primary sulfonamides is 1. The molecule has 0 saturated heterocycles. The standard InChI is InChI=1S/C10H7BrClNO2S/c11-9-3-4-10(12)7-2-1-6(5-8(7)9)16(13,14)15/h1-5H,(H2,13,14,15). The molecule has 0 unspecified atom stereocenters. The Bertz CT molecular complexity index is 670. The number of fused-ring (bicyclic) bond motifs is 1. The van der Waals surface area contributed by atoms with Crippen LogP contribution in [-0.4, -0.2) is 8.42 Å². The average Bonchev–Trinajstić information content (AvgIpc) is 2.22. The molecule has 0 aliphatic heterocycles. The quantitative estimate of drug-likeness (QED) is 0.878. The van der Waals surface area contributed by atoms with E-state index in [2.05, 4.69) is 15.9 Å². The van der Waals surface area contributed by atoms with Crippen LogP contribution in [0.5, 0.6) is 0 Å². The van der Waals surface area contributed by atoms with Gasteiger partial charge in [-0.1, -0.05) is 33.6 Å². The molecular formula is C10H7BrClNO2S. The van der Waals surface area contributed by atoms with Crippen molar-refractivity contribution in [2.45, 2.75) is 4.90 Å². The molecule has 16 heavy (non-hydrogen) atoms. The topological polar surface area (TPSA) is 60.2 Å². The molecule has 2 aromatic carbocycles. The molecule has 0 heterocycles. The molecule has 0 aromatic heterocycles. The summed E-state index contributed by atoms with van der Waals surface area (Å²) in [5, 5.41) is 7.13. The van der Waals surface area contributed by atoms with Gasteiger partial charge in [-0.15, -0.1) is 0 Å². The molecule has 0 radical (unpaired) electrons. The molecule has 0 spiro atoms. The van der Waals surface area contributed by atoms with Gasteiger partial charge in [0.25, 0.3) is 0 Å². The molecule has 0 aliphatic carbocycles. The molecule has 2 rings (SSSR count). The summed E-state index contributed by atoms with van der Waals surface area (Å²) in [5.74, 6) is 0. The summed E-state index contributed by atoms with van der Waals surface area (Å²) in [6.45, 7) is 0. The summed E-state index contributed by atoms with van der Waals surface area (Å²) in [6.07, 6.45) is 0. The van der Waals surface area contributed by atoms with Crippen molar-refractivity contribution in [2.24, 2.45) is 5.14 Å². The molecule has 84 valence electrons. The van der Waals surface area contributed by atoms with Crippen molar-refractivity contribution in [1.82, 2.24) is 0 Å². The van der Waals surface area contributed by atoms with E-state index in [1.54, 1.807) is 18.2 Å². The number of halogens is 2. The van der Waals surface area contributed by atoms with Crippen LogP contribution in [0.2, 0.25) is 5.02 Å². The lowest BCUT2D eigenvalue weighted by Gasteiger charge is -2.05. The number of rotatable bonds is 1. The first-order valence-corrected chi connectivity index (χ1v) is 7.02. The number of benzene rings is 2. The van der Waals surface area contributed by atoms with Gasteiger partial charge >= 0.3 is 0 Å². The van der Waals surface area contributed by atoms with Gasteiger partial charge in [0.05, 0.1) is 4.90 Å². The van der Waals surface area contributed by atoms with Gasteiger partial charge in [0.15, 0.2) is 0 Å². The van der Waals surface area contributed by atoms with E-state index < -0.39 is 10.0 Å². The minimum absolute atomic E-state index is 0.0722. The molecule has 6 heteroatoms. The van der Waals surface area contributed by atoms with Gasteiger partial charge in [0.1, 0.15) is 0 Å². The van der Waals surface area contributed by atoms with E-state index in [0.717, 1.165) is 15.2 Å². The lowest BCUT2D eigenvalue weighted by molar-refractivity contribution is 0.598. The van der Waals surface area contributed by atoms with E-state index in [1.165, 1.54) is 12.1 Å². The fourth-order valence-corrected chi connectivity index (χ4v) is 2.66. The van der Waals surface area contributed by atoms with E-state index in [9.17, 15) is 8.42 Å². The van der Waals surface area contributed by atoms with Gasteiger partial charge in [-0.2, -0.15) is 0 Å². The van der Waals surface area contributed by atoms with Crippen LogP contribution in [0.25, 0.3) is 10.8 Å². The molecule has 0 saturated carbocycles. The number of hydrogen-bond acceptors (Lipinski definition) is 2. The first-order valence-electron chi connectivity index (χ1n) is 4.30. The lowest BCUT2D eigenvalue weighted by Crippen LogP contribution is -2.11. The van der Waals surface area contributed by atoms with Gasteiger partial charge in [-0.05, 0) is 29.7 Å². The van der Waals surface area contributed by atoms with Crippen LogP contribution in [-0.2, 0) is 10.0 Å². The van der Waals surface area contributed by atoms with E-state index >= 15 is 0 Å². The average molecular weight is 321 g/mol. The van der Waals surface area contributed by atoms with Gasteiger partial charge in [0.2, 0.25) is 10.0 Å². The Morgan fingerprint density at radius 3 is 2.44 bits per heavy atom. The van der Waals surface area contributed by atoms with Crippen LogP contribution < -0.4 is 5.14 Å². The second-order valence-corrected chi connectivity index (χ2v) is 6.10. The van der Waals surface area contributed by atoms with Crippen LogP contribution in [0, 0.1) is 0 Å². The highest BCUT2D eigenvalue weighted by molar-refractivity contribution is 9.10. The van der Waals surface area contributed by atoms with Crippen LogP contribution in [0.4, 0.5) is 0 Å². The lowest BCUT2D eigenvalue weighted by atomic mass is 10.1. The number of hydrogen-bond donors (Lipinski definition) is 1. The third kappa shape index (κ3) is 2.08. The fourth-order valence-electron chi connectivity index (χ4n) is 1.43. The van der Waals surface area contributed by atoms with Crippen LogP contribution in [0.15, 0.2) is 39.7 Å². The Balaban J connectivity index is 2.86. The van der Waals surface area contributed by atoms with Crippen molar-refractivity contribution in [3.8, 4) is 0 Å². The van der Waals surface area contributed by atoms with Gasteiger partial charge < -0.3 is 0 Å². The zero-order valence-corrected chi connectivity index (χ0v) is 11.1. The van der Waals surface area contributed by atoms with Crippen molar-refractivity contribution < 1.29 is 8.42 Å². The Morgan fingerprint density at radius 2 is 1.81 bits per heavy atom. The van der Waals surface area contributed by atoms with Crippen LogP contribution >= 0.6 is 27.5 Å². The summed E-state index contributed by atoms with van der Waals surface area (Å²) in [4.78, 5) is 0.0722. The maximum atomic E-state index is 11.2. The summed E-state index contributed by atoms with van der Waals surface area (Å²) < 4.78 is 23.2. The third-order valence-corrected chi connectivity index (χ3v) is 4.14. The Hall–Kier alpha value is -0.620. The molecule has 2 aromatic rings. The molecule has 0 atom stereocenters. The molecular weight excluding hydrogens is 314 g/mol. The van der Waals surface area contributed by atoms with E-state index in [-0.39, 0.29) is 4.90 Å². The van der Waals surface area contributed by atoms with Gasteiger partial charge in [-0.3, -0.25) is 0 Å². The summed E-state index contributed by atoms with van der Waals surface area (Å²) >= 11 is 9.33. The van der Waals surface area contributed by atoms with Crippen molar-refractivity contribution in [3.05, 3.63) is 39.8 Å². The molecule has 0 bridgehead atoms. The van der Waals surface area contributed by atoms with Gasteiger partial charge in [-0.25, -0.2) is 13.6 Å². The van der Waals surface area contributed by atoms with E-state index in [0.29, 0.717) is 5.02 Å². The van der Waals surface area contributed by atoms with Crippen molar-refractivity contribution in [1.29, 1.82) is 0 Å². The second kappa shape index (κ2) is 4.00. The predicted octanol–water partition coefficient (Wildman–Crippen LogP) is 2.90. The highest BCUT2D eigenvalue weighted by Gasteiger charge is 2.10. The Labute approximate surface area is 106 Å². The first kappa shape index (κ1) is 11.9. The molecule has 0 amide bonds. The predicted molar refractivity (Wildman–Crippen MR) is 68.0 cm³/mol. The van der Waals surface area contributed by atoms with Crippen LogP contribution in [0.3, 0.4) is 0 Å². The Kier molecular flexibility index (Phi) is 2.96. The number of nitrogens with two attached hydrogens (primary N) is 1. The largest absolute Gasteiger partial charge is 0.238 e. The number of sulfonamides is 1. The molecule has 0 fully saturated rings. The second-order valence-electron chi connectivity index (χ2n) is 3.28. The maximum absolute atomic E-state index is 11.2. The summed E-state index contributed by atoms with van der Waals surface area (Å²) in [5.41, 5.74) is 0. The van der Waals surface area contributed by atoms with E-state index in [1.807, 2.05) is 0 Å². The van der Waals surface area contributed by atoms with Crippen molar-refractivity contribution >= 4 is 48.3 Å². The fraction of sp³-hybridized carbons (Fsp3) is 0. The van der Waals surface area contributed by atoms with Crippen LogP contribution in [0.1, 0.15) is 0 Å². The van der Waals surface area contributed by atoms with E-state index in [4.69, 9.17) is 16.7 Å². The zero-order chi connectivity index (χ0) is 11.9.